The average Bonchev–Trinajstić information content (AvgIpc) is 2.40. The van der Waals surface area contributed by atoms with Crippen molar-refractivity contribution < 1.29 is 0 Å². The number of nitrogens with zero attached hydrogens (tertiary/aromatic N) is 3. The van der Waals surface area contributed by atoms with Gasteiger partial charge in [-0.25, -0.2) is 9.97 Å². The molecule has 88 valence electrons. The molecular formula is C13H16N4. The fraction of sp³-hybridized carbons (Fsp3) is 0.308. The number of pyridine rings is 1. The maximum absolute atomic E-state index is 4.58. The first-order chi connectivity index (χ1) is 8.26. The molecule has 0 aromatic carbocycles. The number of nitrogens with one attached hydrogen (secondary N) is 1. The van der Waals surface area contributed by atoms with E-state index in [0.717, 1.165) is 34.9 Å². The summed E-state index contributed by atoms with van der Waals surface area (Å²) in [5.41, 5.74) is 3.13. The molecule has 0 amide bonds. The van der Waals surface area contributed by atoms with Crippen LogP contribution in [0.25, 0.3) is 11.4 Å². The van der Waals surface area contributed by atoms with E-state index in [9.17, 15) is 0 Å². The lowest BCUT2D eigenvalue weighted by molar-refractivity contribution is 0.976. The Kier molecular flexibility index (Phi) is 3.32. The van der Waals surface area contributed by atoms with E-state index in [4.69, 9.17) is 0 Å². The van der Waals surface area contributed by atoms with E-state index < -0.39 is 0 Å². The van der Waals surface area contributed by atoms with E-state index >= 15 is 0 Å². The summed E-state index contributed by atoms with van der Waals surface area (Å²) < 4.78 is 0. The third-order valence-corrected chi connectivity index (χ3v) is 2.74. The highest BCUT2D eigenvalue weighted by Gasteiger charge is 2.09. The van der Waals surface area contributed by atoms with Gasteiger partial charge in [-0.2, -0.15) is 0 Å². The first-order valence-electron chi connectivity index (χ1n) is 5.72. The van der Waals surface area contributed by atoms with Gasteiger partial charge in [-0.3, -0.25) is 4.98 Å². The normalized spacial score (nSPS) is 10.3. The molecule has 4 heteroatoms. The molecule has 0 unspecified atom stereocenters. The molecule has 2 heterocycles. The largest absolute Gasteiger partial charge is 0.373 e. The molecule has 2 rings (SSSR count). The van der Waals surface area contributed by atoms with Gasteiger partial charge < -0.3 is 5.32 Å². The molecule has 0 saturated heterocycles. The van der Waals surface area contributed by atoms with Crippen LogP contribution in [0.3, 0.4) is 0 Å². The van der Waals surface area contributed by atoms with Crippen molar-refractivity contribution in [2.24, 2.45) is 0 Å². The molecule has 0 atom stereocenters. The maximum atomic E-state index is 4.58. The van der Waals surface area contributed by atoms with Gasteiger partial charge in [0.2, 0.25) is 0 Å². The molecule has 0 saturated carbocycles. The molecule has 0 radical (unpaired) electrons. The molecule has 0 bridgehead atoms. The fourth-order valence-electron chi connectivity index (χ4n) is 1.77. The van der Waals surface area contributed by atoms with Crippen LogP contribution < -0.4 is 5.32 Å². The second kappa shape index (κ2) is 4.91. The van der Waals surface area contributed by atoms with Crippen LogP contribution in [0.1, 0.15) is 18.2 Å². The Morgan fingerprint density at radius 2 is 2.12 bits per heavy atom. The summed E-state index contributed by atoms with van der Waals surface area (Å²) in [7, 11) is 1.88. The molecule has 0 aliphatic rings. The van der Waals surface area contributed by atoms with Crippen molar-refractivity contribution in [2.45, 2.75) is 20.3 Å². The van der Waals surface area contributed by atoms with Gasteiger partial charge in [0.25, 0.3) is 0 Å². The molecule has 17 heavy (non-hydrogen) atoms. The summed E-state index contributed by atoms with van der Waals surface area (Å²) >= 11 is 0. The summed E-state index contributed by atoms with van der Waals surface area (Å²) in [6.07, 6.45) is 4.43. The zero-order valence-electron chi connectivity index (χ0n) is 10.4. The van der Waals surface area contributed by atoms with Crippen molar-refractivity contribution in [1.82, 2.24) is 15.0 Å². The van der Waals surface area contributed by atoms with Crippen LogP contribution in [-0.2, 0) is 6.42 Å². The van der Waals surface area contributed by atoms with Crippen molar-refractivity contribution in [1.29, 1.82) is 0 Å². The first kappa shape index (κ1) is 11.5. The number of anilines is 1. The Labute approximate surface area is 101 Å². The Morgan fingerprint density at radius 1 is 1.29 bits per heavy atom. The Morgan fingerprint density at radius 3 is 2.71 bits per heavy atom. The minimum Gasteiger partial charge on any atom is -0.373 e. The fourth-order valence-corrected chi connectivity index (χ4v) is 1.77. The lowest BCUT2D eigenvalue weighted by Crippen LogP contribution is -2.04. The van der Waals surface area contributed by atoms with E-state index in [2.05, 4.69) is 27.2 Å². The van der Waals surface area contributed by atoms with Gasteiger partial charge in [0.15, 0.2) is 5.82 Å². The van der Waals surface area contributed by atoms with E-state index in [1.54, 1.807) is 12.4 Å². The van der Waals surface area contributed by atoms with E-state index in [0.29, 0.717) is 0 Å². The lowest BCUT2D eigenvalue weighted by atomic mass is 10.1. The molecular weight excluding hydrogens is 212 g/mol. The first-order valence-corrected chi connectivity index (χ1v) is 5.72. The molecule has 0 aliphatic heterocycles. The van der Waals surface area contributed by atoms with Gasteiger partial charge in [-0.1, -0.05) is 6.92 Å². The topological polar surface area (TPSA) is 50.7 Å². The molecule has 2 aromatic heterocycles. The number of rotatable bonds is 3. The third kappa shape index (κ3) is 2.25. The Bertz CT molecular complexity index is 483. The molecule has 4 nitrogen and oxygen atoms in total. The maximum Gasteiger partial charge on any atom is 0.163 e. The SMILES string of the molecule is CCc1nc(-c2cccnc2)nc(NC)c1C. The Hall–Kier alpha value is -1.97. The highest BCUT2D eigenvalue weighted by molar-refractivity contribution is 5.58. The summed E-state index contributed by atoms with van der Waals surface area (Å²) in [5, 5.41) is 3.11. The van der Waals surface area contributed by atoms with E-state index in [1.807, 2.05) is 26.1 Å². The van der Waals surface area contributed by atoms with E-state index in [1.165, 1.54) is 0 Å². The van der Waals surface area contributed by atoms with Gasteiger partial charge in [-0.05, 0) is 25.5 Å². The van der Waals surface area contributed by atoms with Crippen molar-refractivity contribution >= 4 is 5.82 Å². The van der Waals surface area contributed by atoms with E-state index in [-0.39, 0.29) is 0 Å². The van der Waals surface area contributed by atoms with Crippen molar-refractivity contribution in [3.05, 3.63) is 35.8 Å². The van der Waals surface area contributed by atoms with Crippen LogP contribution in [0.2, 0.25) is 0 Å². The van der Waals surface area contributed by atoms with Crippen LogP contribution in [-0.4, -0.2) is 22.0 Å². The predicted octanol–water partition coefficient (Wildman–Crippen LogP) is 2.45. The number of aromatic nitrogens is 3. The number of aryl methyl sites for hydroxylation is 1. The molecule has 1 N–H and O–H groups in total. The van der Waals surface area contributed by atoms with Crippen molar-refractivity contribution in [3.63, 3.8) is 0 Å². The van der Waals surface area contributed by atoms with Crippen molar-refractivity contribution in [2.75, 3.05) is 12.4 Å². The highest BCUT2D eigenvalue weighted by Crippen LogP contribution is 2.21. The molecule has 0 spiro atoms. The average molecular weight is 228 g/mol. The quantitative estimate of drug-likeness (QED) is 0.876. The summed E-state index contributed by atoms with van der Waals surface area (Å²) in [5.74, 6) is 1.61. The number of hydrogen-bond donors (Lipinski definition) is 1. The Balaban J connectivity index is 2.56. The minimum atomic E-state index is 0.727. The number of hydrogen-bond acceptors (Lipinski definition) is 4. The zero-order chi connectivity index (χ0) is 12.3. The van der Waals surface area contributed by atoms with Gasteiger partial charge >= 0.3 is 0 Å². The predicted molar refractivity (Wildman–Crippen MR) is 68.9 cm³/mol. The summed E-state index contributed by atoms with van der Waals surface area (Å²) in [4.78, 5) is 13.2. The smallest absolute Gasteiger partial charge is 0.163 e. The monoisotopic (exact) mass is 228 g/mol. The van der Waals surface area contributed by atoms with Crippen LogP contribution in [0, 0.1) is 6.92 Å². The van der Waals surface area contributed by atoms with Gasteiger partial charge in [0.05, 0.1) is 0 Å². The summed E-state index contributed by atoms with van der Waals surface area (Å²) in [6, 6.07) is 3.86. The van der Waals surface area contributed by atoms with Crippen LogP contribution in [0.5, 0.6) is 0 Å². The third-order valence-electron chi connectivity index (χ3n) is 2.74. The van der Waals surface area contributed by atoms with Gasteiger partial charge in [0.1, 0.15) is 5.82 Å². The molecule has 2 aromatic rings. The molecule has 0 aliphatic carbocycles. The van der Waals surface area contributed by atoms with Crippen LogP contribution in [0.4, 0.5) is 5.82 Å². The zero-order valence-corrected chi connectivity index (χ0v) is 10.4. The van der Waals surface area contributed by atoms with Gasteiger partial charge in [0, 0.05) is 36.3 Å². The van der Waals surface area contributed by atoms with Crippen molar-refractivity contribution in [3.8, 4) is 11.4 Å². The van der Waals surface area contributed by atoms with Crippen LogP contribution >= 0.6 is 0 Å². The second-order valence-electron chi connectivity index (χ2n) is 3.81. The second-order valence-corrected chi connectivity index (χ2v) is 3.81. The lowest BCUT2D eigenvalue weighted by Gasteiger charge is -2.10. The van der Waals surface area contributed by atoms with Crippen LogP contribution in [0.15, 0.2) is 24.5 Å². The summed E-state index contributed by atoms with van der Waals surface area (Å²) in [6.45, 7) is 4.14. The van der Waals surface area contributed by atoms with Gasteiger partial charge in [-0.15, -0.1) is 0 Å². The standard InChI is InChI=1S/C13H16N4/c1-4-11-9(2)12(14-3)17-13(16-11)10-6-5-7-15-8-10/h5-8H,4H2,1-3H3,(H,14,16,17). The molecule has 0 fully saturated rings. The minimum absolute atomic E-state index is 0.727. The highest BCUT2D eigenvalue weighted by atomic mass is 15.0.